The van der Waals surface area contributed by atoms with Crippen LogP contribution in [0.2, 0.25) is 10.0 Å². The molecule has 0 spiro atoms. The summed E-state index contributed by atoms with van der Waals surface area (Å²) in [5.41, 5.74) is 0.994. The molecule has 270 valence electrons. The second kappa shape index (κ2) is 16.0. The van der Waals surface area contributed by atoms with Crippen LogP contribution in [0.3, 0.4) is 0 Å². The molecule has 3 aromatic heterocycles. The van der Waals surface area contributed by atoms with Crippen LogP contribution in [0.5, 0.6) is 11.5 Å². The van der Waals surface area contributed by atoms with Crippen LogP contribution >= 0.6 is 45.9 Å². The molecule has 3 aliphatic heterocycles. The average Bonchev–Trinajstić information content (AvgIpc) is 3.55. The highest BCUT2D eigenvalue weighted by atomic mass is 35.5. The van der Waals surface area contributed by atoms with E-state index in [1.807, 2.05) is 0 Å². The molecule has 3 saturated heterocycles. The third-order valence-electron chi connectivity index (χ3n) is 9.26. The molecular formula is C35H35Cl2F2N4O6S2+. The molecule has 2 bridgehead atoms. The fraction of sp³-hybridized carbons (Fsp3) is 0.429. The van der Waals surface area contributed by atoms with Crippen LogP contribution in [0.25, 0.3) is 0 Å². The summed E-state index contributed by atoms with van der Waals surface area (Å²) in [5.74, 6) is 0.0622. The number of rotatable bonds is 14. The smallest absolute Gasteiger partial charge is 0.416 e. The minimum Gasteiger partial charge on any atom is -0.489 e. The van der Waals surface area contributed by atoms with E-state index in [-0.39, 0.29) is 30.6 Å². The van der Waals surface area contributed by atoms with E-state index in [2.05, 4.69) is 14.9 Å². The number of aromatic amines is 1. The van der Waals surface area contributed by atoms with Crippen LogP contribution in [-0.2, 0) is 22.4 Å². The highest BCUT2D eigenvalue weighted by Gasteiger charge is 2.38. The number of anilines is 1. The number of esters is 1. The summed E-state index contributed by atoms with van der Waals surface area (Å²) in [4.78, 5) is 39.3. The van der Waals surface area contributed by atoms with Gasteiger partial charge in [0.05, 0.1) is 13.2 Å². The molecule has 6 heterocycles. The molecule has 1 amide bonds. The van der Waals surface area contributed by atoms with E-state index in [1.54, 1.807) is 48.2 Å². The number of hydrogen-bond acceptors (Lipinski definition) is 10. The molecule has 0 unspecified atom stereocenters. The van der Waals surface area contributed by atoms with E-state index in [0.717, 1.165) is 45.3 Å². The number of ether oxygens (including phenoxy) is 4. The first-order valence-corrected chi connectivity index (χ1v) is 19.1. The number of halogens is 4. The van der Waals surface area contributed by atoms with Crippen LogP contribution in [-0.4, -0.2) is 60.9 Å². The first-order valence-electron chi connectivity index (χ1n) is 16.7. The molecule has 10 nitrogen and oxygen atoms in total. The third kappa shape index (κ3) is 8.91. The molecule has 1 aromatic carbocycles. The molecule has 2 atom stereocenters. The minimum atomic E-state index is -3.05. The van der Waals surface area contributed by atoms with Gasteiger partial charge in [-0.05, 0) is 80.4 Å². The number of carbonyl (C=O) groups excluding carboxylic acids is 2. The van der Waals surface area contributed by atoms with E-state index in [0.29, 0.717) is 54.5 Å². The van der Waals surface area contributed by atoms with Crippen molar-refractivity contribution in [2.45, 2.75) is 57.5 Å². The zero-order chi connectivity index (χ0) is 35.5. The maximum absolute atomic E-state index is 13.7. The molecule has 1 N–H and O–H groups in total. The van der Waals surface area contributed by atoms with E-state index in [1.165, 1.54) is 33.6 Å². The lowest BCUT2D eigenvalue weighted by atomic mass is 9.86. The predicted octanol–water partition coefficient (Wildman–Crippen LogP) is 8.09. The standard InChI is InChI=1S/C35H34Cl2F2N4O6S2/c36-25-15-40-16-26(37)24(25)14-28(22-3-5-27(48-33(38)39)29(13-22)46-19-20-1-2-20)47-32(44)31-6-4-23(51-31)17-43(34-41-9-12-50-34)35(45)49-30-18-42-10-7-21(30)8-11-42/h3-6,9,12-13,15-16,20-21,28,30,33H,1-2,7-8,10-11,14,17-19H2/p+1/t28-,30-/m0/s1. The summed E-state index contributed by atoms with van der Waals surface area (Å²) in [7, 11) is 0. The van der Waals surface area contributed by atoms with Crippen molar-refractivity contribution in [1.29, 1.82) is 0 Å². The third-order valence-corrected chi connectivity index (χ3v) is 11.8. The van der Waals surface area contributed by atoms with E-state index >= 15 is 0 Å². The van der Waals surface area contributed by atoms with Crippen molar-refractivity contribution in [2.24, 2.45) is 11.8 Å². The number of piperidine rings is 3. The lowest BCUT2D eigenvalue weighted by Crippen LogP contribution is -2.53. The van der Waals surface area contributed by atoms with Crippen LogP contribution in [0.15, 0.2) is 54.3 Å². The zero-order valence-corrected chi connectivity index (χ0v) is 30.4. The number of carbonyl (C=O) groups is 2. The van der Waals surface area contributed by atoms with Gasteiger partial charge in [-0.2, -0.15) is 8.78 Å². The van der Waals surface area contributed by atoms with Crippen molar-refractivity contribution in [2.75, 3.05) is 31.1 Å². The van der Waals surface area contributed by atoms with Crippen molar-refractivity contribution in [1.82, 2.24) is 9.88 Å². The van der Waals surface area contributed by atoms with Crippen LogP contribution in [0, 0.1) is 11.8 Å². The number of alkyl halides is 2. The number of amides is 1. The average molecular weight is 781 g/mol. The monoisotopic (exact) mass is 779 g/mol. The number of nitrogens with zero attached hydrogens (tertiary/aromatic N) is 3. The van der Waals surface area contributed by atoms with Gasteiger partial charge in [-0.15, -0.1) is 22.7 Å². The van der Waals surface area contributed by atoms with Gasteiger partial charge in [-0.25, -0.2) is 24.5 Å². The highest BCUT2D eigenvalue weighted by Crippen LogP contribution is 2.39. The maximum Gasteiger partial charge on any atom is 0.416 e. The SMILES string of the molecule is O=C(O[C@@H](Cc1c(Cl)c[nH+]cc1Cl)c1ccc(OC(F)F)c(OCC2CC2)c1)c1ccc(CN(C(=O)O[C@H]2CN3CCC2CC3)c2nccs2)s1. The van der Waals surface area contributed by atoms with Crippen LogP contribution in [0.1, 0.15) is 57.5 Å². The Labute approximate surface area is 311 Å². The lowest BCUT2D eigenvalue weighted by molar-refractivity contribution is -0.377. The van der Waals surface area contributed by atoms with Crippen molar-refractivity contribution in [3.63, 3.8) is 0 Å². The maximum atomic E-state index is 13.7. The second-order valence-electron chi connectivity index (χ2n) is 12.8. The van der Waals surface area contributed by atoms with Gasteiger partial charge in [0.25, 0.3) is 0 Å². The molecule has 4 aliphatic rings. The fourth-order valence-corrected chi connectivity index (χ4v) is 8.36. The number of pyridine rings is 1. The van der Waals surface area contributed by atoms with Crippen molar-refractivity contribution >= 4 is 63.1 Å². The van der Waals surface area contributed by atoms with Gasteiger partial charge in [-0.1, -0.05) is 29.3 Å². The molecule has 4 fully saturated rings. The van der Waals surface area contributed by atoms with Gasteiger partial charge in [0.2, 0.25) is 0 Å². The Kier molecular flexibility index (Phi) is 11.2. The van der Waals surface area contributed by atoms with Gasteiger partial charge < -0.3 is 18.9 Å². The van der Waals surface area contributed by atoms with E-state index in [4.69, 9.17) is 42.1 Å². The number of hydrogen-bond donors (Lipinski definition) is 0. The van der Waals surface area contributed by atoms with Gasteiger partial charge in [0.15, 0.2) is 29.0 Å². The number of H-pyrrole nitrogens is 1. The molecular weight excluding hydrogens is 745 g/mol. The van der Waals surface area contributed by atoms with Gasteiger partial charge in [0.1, 0.15) is 27.1 Å². The predicted molar refractivity (Wildman–Crippen MR) is 188 cm³/mol. The Morgan fingerprint density at radius 2 is 1.84 bits per heavy atom. The summed E-state index contributed by atoms with van der Waals surface area (Å²) >= 11 is 15.5. The first kappa shape index (κ1) is 35.8. The second-order valence-corrected chi connectivity index (χ2v) is 15.6. The summed E-state index contributed by atoms with van der Waals surface area (Å²) in [6, 6.07) is 7.86. The Morgan fingerprint density at radius 3 is 2.51 bits per heavy atom. The quantitative estimate of drug-likeness (QED) is 0.118. The Hall–Kier alpha value is -3.56. The van der Waals surface area contributed by atoms with E-state index in [9.17, 15) is 18.4 Å². The number of nitrogens with one attached hydrogen (secondary N) is 1. The lowest BCUT2D eigenvalue weighted by Gasteiger charge is -2.44. The Balaban J connectivity index is 1.10. The molecule has 1 aliphatic carbocycles. The molecule has 4 aromatic rings. The Bertz CT molecular complexity index is 1820. The first-order chi connectivity index (χ1) is 24.7. The highest BCUT2D eigenvalue weighted by molar-refractivity contribution is 7.14. The van der Waals surface area contributed by atoms with E-state index < -0.39 is 24.8 Å². The number of benzene rings is 1. The normalized spacial score (nSPS) is 20.2. The number of thiazole rings is 1. The summed E-state index contributed by atoms with van der Waals surface area (Å²) in [6.07, 6.45) is 7.26. The number of thiophene rings is 1. The number of fused-ring (bicyclic) bond motifs is 3. The molecule has 1 saturated carbocycles. The Morgan fingerprint density at radius 1 is 1.06 bits per heavy atom. The zero-order valence-electron chi connectivity index (χ0n) is 27.3. The molecule has 16 heteroatoms. The molecule has 51 heavy (non-hydrogen) atoms. The van der Waals surface area contributed by atoms with Crippen molar-refractivity contribution in [3.8, 4) is 11.5 Å². The van der Waals surface area contributed by atoms with Crippen LogP contribution in [0.4, 0.5) is 18.7 Å². The summed E-state index contributed by atoms with van der Waals surface area (Å²) in [5, 5.41) is 2.94. The fourth-order valence-electron chi connectivity index (χ4n) is 6.32. The topological polar surface area (TPSA) is 105 Å². The van der Waals surface area contributed by atoms with Gasteiger partial charge in [0, 0.05) is 35.0 Å². The summed E-state index contributed by atoms with van der Waals surface area (Å²) in [6.45, 7) is 0.235. The van der Waals surface area contributed by atoms with Gasteiger partial charge >= 0.3 is 18.7 Å². The number of aromatic nitrogens is 2. The van der Waals surface area contributed by atoms with Crippen molar-refractivity contribution < 1.29 is 42.3 Å². The van der Waals surface area contributed by atoms with Gasteiger partial charge in [-0.3, -0.25) is 4.90 Å². The molecule has 8 rings (SSSR count). The molecule has 0 radical (unpaired) electrons. The largest absolute Gasteiger partial charge is 0.489 e. The van der Waals surface area contributed by atoms with Crippen LogP contribution < -0.4 is 19.4 Å². The minimum absolute atomic E-state index is 0.0800. The summed E-state index contributed by atoms with van der Waals surface area (Å²) < 4.78 is 49.2. The van der Waals surface area contributed by atoms with Crippen molar-refractivity contribution in [3.05, 3.63) is 85.2 Å².